The molecule has 1 aromatic carbocycles. The number of carbonyl (C=O) groups is 2. The maximum Gasteiger partial charge on any atom is 0.416 e. The highest BCUT2D eigenvalue weighted by molar-refractivity contribution is 7.16. The van der Waals surface area contributed by atoms with Crippen molar-refractivity contribution in [2.45, 2.75) is 46.6 Å². The minimum absolute atomic E-state index is 0.0905. The first-order valence-electron chi connectivity index (χ1n) is 12.0. The van der Waals surface area contributed by atoms with Crippen LogP contribution >= 0.6 is 11.3 Å². The summed E-state index contributed by atoms with van der Waals surface area (Å²) in [5.74, 6) is 4.88. The molecule has 0 bridgehead atoms. The molecule has 0 N–H and O–H groups in total. The third-order valence-corrected chi connectivity index (χ3v) is 5.88. The van der Waals surface area contributed by atoms with Gasteiger partial charge in [-0.3, -0.25) is 9.80 Å². The third kappa shape index (κ3) is 9.67. The predicted octanol–water partition coefficient (Wildman–Crippen LogP) is 5.00. The Morgan fingerprint density at radius 1 is 1.22 bits per heavy atom. The van der Waals surface area contributed by atoms with Gasteiger partial charge in [-0.2, -0.15) is 0 Å². The summed E-state index contributed by atoms with van der Waals surface area (Å²) in [5, 5.41) is 0.317. The standard InChI is InChI=1S/C27H36FN3O5S/c1-9-34-24(32)23-22(37-25(29-23)31(8)26(33)36-27(3,4)5)15-18(2)17-35-21-13-12-19(16-20(21)28)11-10-14-30(6)7/h12-13,16,18H,9,14-15,17H2,1-8H3/t18-/m0/s1. The molecule has 8 nitrogen and oxygen atoms in total. The number of hydrogen-bond donors (Lipinski definition) is 0. The van der Waals surface area contributed by atoms with Crippen molar-refractivity contribution >= 4 is 28.5 Å². The van der Waals surface area contributed by atoms with Crippen molar-refractivity contribution in [3.8, 4) is 17.6 Å². The molecule has 1 amide bonds. The van der Waals surface area contributed by atoms with Gasteiger partial charge >= 0.3 is 12.1 Å². The number of carbonyl (C=O) groups excluding carboxylic acids is 2. The first-order valence-corrected chi connectivity index (χ1v) is 12.8. The molecule has 0 saturated carbocycles. The normalized spacial score (nSPS) is 11.9. The second kappa shape index (κ2) is 13.4. The average molecular weight is 534 g/mol. The fourth-order valence-electron chi connectivity index (χ4n) is 2.99. The number of nitrogens with zero attached hydrogens (tertiary/aromatic N) is 3. The summed E-state index contributed by atoms with van der Waals surface area (Å²) in [6.07, 6.45) is -0.158. The van der Waals surface area contributed by atoms with Crippen molar-refractivity contribution in [1.29, 1.82) is 0 Å². The summed E-state index contributed by atoms with van der Waals surface area (Å²) in [5.41, 5.74) is 0.0501. The number of benzene rings is 1. The Balaban J connectivity index is 2.12. The second-order valence-electron chi connectivity index (χ2n) is 9.83. The molecule has 0 radical (unpaired) electrons. The van der Waals surface area contributed by atoms with Gasteiger partial charge in [0, 0.05) is 17.5 Å². The summed E-state index contributed by atoms with van der Waals surface area (Å²) in [7, 11) is 5.36. The van der Waals surface area contributed by atoms with Gasteiger partial charge in [0.25, 0.3) is 0 Å². The van der Waals surface area contributed by atoms with Crippen molar-refractivity contribution in [1.82, 2.24) is 9.88 Å². The van der Waals surface area contributed by atoms with Crippen LogP contribution < -0.4 is 9.64 Å². The Bertz CT molecular complexity index is 1150. The number of rotatable bonds is 9. The van der Waals surface area contributed by atoms with Crippen LogP contribution in [0.15, 0.2) is 18.2 Å². The number of esters is 1. The van der Waals surface area contributed by atoms with E-state index in [1.807, 2.05) is 25.9 Å². The van der Waals surface area contributed by atoms with Crippen LogP contribution in [0, 0.1) is 23.6 Å². The molecule has 202 valence electrons. The molecule has 2 rings (SSSR count). The molecule has 0 fully saturated rings. The lowest BCUT2D eigenvalue weighted by molar-refractivity contribution is 0.0515. The highest BCUT2D eigenvalue weighted by Crippen LogP contribution is 2.30. The van der Waals surface area contributed by atoms with Gasteiger partial charge in [-0.05, 0) is 72.3 Å². The van der Waals surface area contributed by atoms with E-state index in [4.69, 9.17) is 14.2 Å². The quantitative estimate of drug-likeness (QED) is 0.331. The van der Waals surface area contributed by atoms with Crippen LogP contribution in [0.2, 0.25) is 0 Å². The molecular formula is C27H36FN3O5S. The predicted molar refractivity (Wildman–Crippen MR) is 143 cm³/mol. The Morgan fingerprint density at radius 3 is 2.51 bits per heavy atom. The zero-order chi connectivity index (χ0) is 27.8. The monoisotopic (exact) mass is 533 g/mol. The first kappa shape index (κ1) is 30.1. The second-order valence-corrected chi connectivity index (χ2v) is 10.9. The zero-order valence-corrected chi connectivity index (χ0v) is 23.6. The van der Waals surface area contributed by atoms with E-state index in [0.29, 0.717) is 28.5 Å². The van der Waals surface area contributed by atoms with Gasteiger partial charge < -0.3 is 14.2 Å². The number of amides is 1. The molecule has 1 atom stereocenters. The van der Waals surface area contributed by atoms with Crippen LogP contribution in [0.3, 0.4) is 0 Å². The highest BCUT2D eigenvalue weighted by Gasteiger charge is 2.27. The summed E-state index contributed by atoms with van der Waals surface area (Å²) >= 11 is 1.21. The molecule has 37 heavy (non-hydrogen) atoms. The minimum atomic E-state index is -0.673. The molecule has 1 aromatic heterocycles. The van der Waals surface area contributed by atoms with Crippen molar-refractivity contribution in [2.75, 3.05) is 45.8 Å². The van der Waals surface area contributed by atoms with Crippen LogP contribution in [0.1, 0.15) is 55.5 Å². The van der Waals surface area contributed by atoms with Gasteiger partial charge in [-0.15, -0.1) is 11.3 Å². The van der Waals surface area contributed by atoms with Gasteiger partial charge in [0.15, 0.2) is 22.4 Å². The van der Waals surface area contributed by atoms with E-state index in [1.165, 1.54) is 29.4 Å². The molecule has 10 heteroatoms. The summed E-state index contributed by atoms with van der Waals surface area (Å²) in [6.45, 7) is 9.93. The van der Waals surface area contributed by atoms with E-state index in [2.05, 4.69) is 16.8 Å². The largest absolute Gasteiger partial charge is 0.490 e. The summed E-state index contributed by atoms with van der Waals surface area (Å²) in [6, 6.07) is 4.63. The van der Waals surface area contributed by atoms with Crippen molar-refractivity contribution < 1.29 is 28.2 Å². The maximum absolute atomic E-state index is 14.5. The summed E-state index contributed by atoms with van der Waals surface area (Å²) in [4.78, 5) is 33.2. The molecule has 1 heterocycles. The lowest BCUT2D eigenvalue weighted by Crippen LogP contribution is -2.34. The number of ether oxygens (including phenoxy) is 3. The molecule has 0 aliphatic carbocycles. The molecule has 0 spiro atoms. The average Bonchev–Trinajstić information content (AvgIpc) is 3.20. The minimum Gasteiger partial charge on any atom is -0.490 e. The molecule has 0 aliphatic rings. The molecule has 2 aromatic rings. The summed E-state index contributed by atoms with van der Waals surface area (Å²) < 4.78 is 30.8. The van der Waals surface area contributed by atoms with Crippen LogP contribution in [-0.2, 0) is 15.9 Å². The van der Waals surface area contributed by atoms with E-state index in [1.54, 1.807) is 39.8 Å². The molecule has 0 unspecified atom stereocenters. The zero-order valence-electron chi connectivity index (χ0n) is 22.8. The fraction of sp³-hybridized carbons (Fsp3) is 0.519. The SMILES string of the molecule is CCOC(=O)c1nc(N(C)C(=O)OC(C)(C)C)sc1C[C@H](C)COc1ccc(C#CCN(C)C)cc1F. The van der Waals surface area contributed by atoms with Gasteiger partial charge in [-0.1, -0.05) is 18.8 Å². The van der Waals surface area contributed by atoms with Crippen LogP contribution in [0.5, 0.6) is 5.75 Å². The fourth-order valence-corrected chi connectivity index (χ4v) is 4.15. The Kier molecular flexibility index (Phi) is 10.9. The number of halogens is 1. The van der Waals surface area contributed by atoms with Gasteiger partial charge in [0.05, 0.1) is 19.8 Å². The first-order chi connectivity index (χ1) is 17.3. The van der Waals surface area contributed by atoms with Crippen molar-refractivity contribution in [3.05, 3.63) is 40.2 Å². The van der Waals surface area contributed by atoms with Crippen molar-refractivity contribution in [3.63, 3.8) is 0 Å². The highest BCUT2D eigenvalue weighted by atomic mass is 32.1. The number of thiazole rings is 1. The Labute approximate surface area is 222 Å². The van der Waals surface area contributed by atoms with Crippen LogP contribution in [-0.4, -0.2) is 68.4 Å². The smallest absolute Gasteiger partial charge is 0.416 e. The number of anilines is 1. The topological polar surface area (TPSA) is 81.2 Å². The number of aromatic nitrogens is 1. The van der Waals surface area contributed by atoms with E-state index in [0.717, 1.165) is 0 Å². The van der Waals surface area contributed by atoms with E-state index >= 15 is 0 Å². The van der Waals surface area contributed by atoms with Crippen LogP contribution in [0.25, 0.3) is 0 Å². The van der Waals surface area contributed by atoms with Crippen LogP contribution in [0.4, 0.5) is 14.3 Å². The third-order valence-electron chi connectivity index (χ3n) is 4.73. The van der Waals surface area contributed by atoms with Gasteiger partial charge in [0.1, 0.15) is 5.60 Å². The van der Waals surface area contributed by atoms with E-state index in [9.17, 15) is 14.0 Å². The molecular weight excluding hydrogens is 497 g/mol. The van der Waals surface area contributed by atoms with Crippen molar-refractivity contribution in [2.24, 2.45) is 5.92 Å². The number of hydrogen-bond acceptors (Lipinski definition) is 8. The Morgan fingerprint density at radius 2 is 1.92 bits per heavy atom. The molecule has 0 aliphatic heterocycles. The lowest BCUT2D eigenvalue weighted by atomic mass is 10.1. The Hall–Kier alpha value is -3.16. The lowest BCUT2D eigenvalue weighted by Gasteiger charge is -2.23. The van der Waals surface area contributed by atoms with Gasteiger partial charge in [-0.25, -0.2) is 19.0 Å². The van der Waals surface area contributed by atoms with Gasteiger partial charge in [0.2, 0.25) is 0 Å². The van der Waals surface area contributed by atoms with E-state index in [-0.39, 0.29) is 30.6 Å². The molecule has 0 saturated heterocycles. The van der Waals surface area contributed by atoms with E-state index < -0.39 is 23.5 Å². The maximum atomic E-state index is 14.5.